The van der Waals surface area contributed by atoms with Gasteiger partial charge in [-0.25, -0.2) is 4.98 Å². The van der Waals surface area contributed by atoms with Crippen LogP contribution in [0.3, 0.4) is 0 Å². The summed E-state index contributed by atoms with van der Waals surface area (Å²) in [5.74, 6) is 0. The molecular weight excluding hydrogens is 220 g/mol. The van der Waals surface area contributed by atoms with E-state index in [9.17, 15) is 0 Å². The Hall–Kier alpha value is -1.02. The summed E-state index contributed by atoms with van der Waals surface area (Å²) in [6.45, 7) is 6.55. The largest absolute Gasteiger partial charge is 0.375 e. The van der Waals surface area contributed by atoms with E-state index in [0.29, 0.717) is 5.15 Å². The topological polar surface area (TPSA) is 24.9 Å². The zero-order valence-corrected chi connectivity index (χ0v) is 10.7. The first-order valence-corrected chi connectivity index (χ1v) is 6.12. The van der Waals surface area contributed by atoms with Crippen LogP contribution in [0.5, 0.6) is 0 Å². The van der Waals surface area contributed by atoms with E-state index in [1.807, 2.05) is 12.1 Å². The Morgan fingerprint density at radius 1 is 1.38 bits per heavy atom. The Morgan fingerprint density at radius 2 is 2.12 bits per heavy atom. The van der Waals surface area contributed by atoms with Crippen molar-refractivity contribution in [2.24, 2.45) is 0 Å². The van der Waals surface area contributed by atoms with Gasteiger partial charge in [-0.05, 0) is 37.5 Å². The van der Waals surface area contributed by atoms with Crippen LogP contribution in [-0.2, 0) is 0 Å². The average molecular weight is 237 g/mol. The predicted molar refractivity (Wildman–Crippen MR) is 69.8 cm³/mol. The summed E-state index contributed by atoms with van der Waals surface area (Å²) in [7, 11) is 0. The Morgan fingerprint density at radius 3 is 2.75 bits per heavy atom. The van der Waals surface area contributed by atoms with Gasteiger partial charge in [-0.1, -0.05) is 31.5 Å². The van der Waals surface area contributed by atoms with Crippen LogP contribution in [0.1, 0.15) is 39.3 Å². The van der Waals surface area contributed by atoms with Gasteiger partial charge in [0.25, 0.3) is 0 Å². The summed E-state index contributed by atoms with van der Waals surface area (Å²) < 4.78 is 0. The number of rotatable bonds is 2. The number of hydrogen-bond donors (Lipinski definition) is 1. The molecule has 1 N–H and O–H groups in total. The standard InChI is InChI=1S/C13H17ClN2/c1-4-9-8-13(3,5-2)16-10-6-7-11(14)15-12(9)10/h6-8,16H,4-5H2,1-3H3. The molecule has 0 amide bonds. The number of aromatic nitrogens is 1. The van der Waals surface area contributed by atoms with Gasteiger partial charge in [-0.15, -0.1) is 0 Å². The molecule has 86 valence electrons. The molecule has 1 aromatic heterocycles. The smallest absolute Gasteiger partial charge is 0.129 e. The quantitative estimate of drug-likeness (QED) is 0.782. The molecule has 1 aliphatic heterocycles. The summed E-state index contributed by atoms with van der Waals surface area (Å²) in [5.41, 5.74) is 3.41. The normalized spacial score (nSPS) is 23.4. The van der Waals surface area contributed by atoms with Gasteiger partial charge >= 0.3 is 0 Å². The third-order valence-electron chi connectivity index (χ3n) is 3.19. The van der Waals surface area contributed by atoms with Gasteiger partial charge in [0.1, 0.15) is 5.15 Å². The van der Waals surface area contributed by atoms with Crippen LogP contribution in [0.25, 0.3) is 5.57 Å². The molecule has 0 bridgehead atoms. The summed E-state index contributed by atoms with van der Waals surface area (Å²) >= 11 is 5.94. The third-order valence-corrected chi connectivity index (χ3v) is 3.40. The lowest BCUT2D eigenvalue weighted by Gasteiger charge is -2.34. The maximum Gasteiger partial charge on any atom is 0.129 e. The van der Waals surface area contributed by atoms with E-state index in [1.165, 1.54) is 5.57 Å². The van der Waals surface area contributed by atoms with Crippen LogP contribution in [0.4, 0.5) is 5.69 Å². The molecule has 2 nitrogen and oxygen atoms in total. The van der Waals surface area contributed by atoms with Gasteiger partial charge in [0.05, 0.1) is 16.9 Å². The molecule has 0 radical (unpaired) electrons. The first-order valence-electron chi connectivity index (χ1n) is 5.75. The molecule has 0 saturated carbocycles. The van der Waals surface area contributed by atoms with Crippen molar-refractivity contribution in [3.05, 3.63) is 29.1 Å². The lowest BCUT2D eigenvalue weighted by Crippen LogP contribution is -2.34. The fourth-order valence-corrected chi connectivity index (χ4v) is 2.19. The zero-order chi connectivity index (χ0) is 11.8. The van der Waals surface area contributed by atoms with E-state index < -0.39 is 0 Å². The van der Waals surface area contributed by atoms with Crippen molar-refractivity contribution in [2.75, 3.05) is 5.32 Å². The molecule has 1 unspecified atom stereocenters. The van der Waals surface area contributed by atoms with Crippen LogP contribution in [-0.4, -0.2) is 10.5 Å². The average Bonchev–Trinajstić information content (AvgIpc) is 2.29. The highest BCUT2D eigenvalue weighted by molar-refractivity contribution is 6.29. The van der Waals surface area contributed by atoms with Crippen molar-refractivity contribution in [1.82, 2.24) is 4.98 Å². The van der Waals surface area contributed by atoms with E-state index in [1.54, 1.807) is 0 Å². The molecule has 0 spiro atoms. The molecular formula is C13H17ClN2. The molecule has 1 atom stereocenters. The lowest BCUT2D eigenvalue weighted by molar-refractivity contribution is 0.606. The maximum atomic E-state index is 5.94. The second-order valence-electron chi connectivity index (χ2n) is 4.45. The van der Waals surface area contributed by atoms with E-state index in [0.717, 1.165) is 24.2 Å². The number of nitrogens with one attached hydrogen (secondary N) is 1. The minimum Gasteiger partial charge on any atom is -0.375 e. The van der Waals surface area contributed by atoms with Crippen molar-refractivity contribution < 1.29 is 0 Å². The molecule has 0 aromatic carbocycles. The highest BCUT2D eigenvalue weighted by Crippen LogP contribution is 2.36. The number of allylic oxidation sites excluding steroid dienone is 1. The second-order valence-corrected chi connectivity index (χ2v) is 4.84. The summed E-state index contributed by atoms with van der Waals surface area (Å²) in [4.78, 5) is 4.40. The number of hydrogen-bond acceptors (Lipinski definition) is 2. The highest BCUT2D eigenvalue weighted by atomic mass is 35.5. The molecule has 16 heavy (non-hydrogen) atoms. The van der Waals surface area contributed by atoms with Crippen LogP contribution in [0, 0.1) is 0 Å². The SMILES string of the molecule is CCC1=CC(C)(CC)Nc2ccc(Cl)nc21. The molecule has 2 rings (SSSR count). The Labute approximate surface area is 102 Å². The molecule has 3 heteroatoms. The first-order chi connectivity index (χ1) is 7.58. The van der Waals surface area contributed by atoms with E-state index in [2.05, 4.69) is 37.1 Å². The number of anilines is 1. The Bertz CT molecular complexity index is 440. The minimum atomic E-state index is 0.0356. The second kappa shape index (κ2) is 4.10. The molecule has 0 saturated heterocycles. The van der Waals surface area contributed by atoms with Crippen LogP contribution in [0.15, 0.2) is 18.2 Å². The number of halogens is 1. The Kier molecular flexibility index (Phi) is 2.94. The van der Waals surface area contributed by atoms with Gasteiger partial charge in [0.2, 0.25) is 0 Å². The van der Waals surface area contributed by atoms with Crippen molar-refractivity contribution >= 4 is 22.9 Å². The van der Waals surface area contributed by atoms with Crippen molar-refractivity contribution in [1.29, 1.82) is 0 Å². The van der Waals surface area contributed by atoms with Crippen molar-refractivity contribution in [2.45, 2.75) is 39.2 Å². The molecule has 2 heterocycles. The van der Waals surface area contributed by atoms with Gasteiger partial charge in [-0.2, -0.15) is 0 Å². The lowest BCUT2D eigenvalue weighted by atomic mass is 9.89. The van der Waals surface area contributed by atoms with Crippen LogP contribution >= 0.6 is 11.6 Å². The van der Waals surface area contributed by atoms with E-state index in [4.69, 9.17) is 11.6 Å². The van der Waals surface area contributed by atoms with Gasteiger partial charge in [0, 0.05) is 0 Å². The predicted octanol–water partition coefficient (Wildman–Crippen LogP) is 4.12. The first kappa shape index (κ1) is 11.5. The summed E-state index contributed by atoms with van der Waals surface area (Å²) in [6.07, 6.45) is 4.31. The van der Waals surface area contributed by atoms with Crippen LogP contribution < -0.4 is 5.32 Å². The van der Waals surface area contributed by atoms with E-state index in [-0.39, 0.29) is 5.54 Å². The summed E-state index contributed by atoms with van der Waals surface area (Å²) in [5, 5.41) is 4.07. The van der Waals surface area contributed by atoms with Gasteiger partial charge in [0.15, 0.2) is 0 Å². The monoisotopic (exact) mass is 236 g/mol. The van der Waals surface area contributed by atoms with E-state index >= 15 is 0 Å². The van der Waals surface area contributed by atoms with Gasteiger partial charge in [-0.3, -0.25) is 0 Å². The van der Waals surface area contributed by atoms with Crippen molar-refractivity contribution in [3.8, 4) is 0 Å². The summed E-state index contributed by atoms with van der Waals surface area (Å²) in [6, 6.07) is 3.85. The number of nitrogens with zero attached hydrogens (tertiary/aromatic N) is 1. The molecule has 1 aromatic rings. The highest BCUT2D eigenvalue weighted by Gasteiger charge is 2.27. The number of fused-ring (bicyclic) bond motifs is 1. The number of pyridine rings is 1. The van der Waals surface area contributed by atoms with Crippen molar-refractivity contribution in [3.63, 3.8) is 0 Å². The maximum absolute atomic E-state index is 5.94. The Balaban J connectivity index is 2.53. The third kappa shape index (κ3) is 1.94. The molecule has 1 aliphatic rings. The molecule has 0 aliphatic carbocycles. The fraction of sp³-hybridized carbons (Fsp3) is 0.462. The van der Waals surface area contributed by atoms with Crippen LogP contribution in [0.2, 0.25) is 5.15 Å². The zero-order valence-electron chi connectivity index (χ0n) is 9.97. The van der Waals surface area contributed by atoms with Gasteiger partial charge < -0.3 is 5.32 Å². The minimum absolute atomic E-state index is 0.0356. The fourth-order valence-electron chi connectivity index (χ4n) is 2.04. The molecule has 0 fully saturated rings.